The molecule has 2 aromatic carbocycles. The van der Waals surface area contributed by atoms with Crippen molar-refractivity contribution < 1.29 is 4.79 Å². The molecule has 0 bridgehead atoms. The van der Waals surface area contributed by atoms with Crippen LogP contribution >= 0.6 is 11.6 Å². The minimum atomic E-state index is 0.0273. The van der Waals surface area contributed by atoms with E-state index in [0.717, 1.165) is 72.8 Å². The zero-order valence-corrected chi connectivity index (χ0v) is 22.0. The molecule has 190 valence electrons. The second-order valence-electron chi connectivity index (χ2n) is 10.3. The van der Waals surface area contributed by atoms with Crippen molar-refractivity contribution in [1.29, 1.82) is 0 Å². The number of hydrogen-bond acceptors (Lipinski definition) is 4. The van der Waals surface area contributed by atoms with Crippen molar-refractivity contribution >= 4 is 34.1 Å². The lowest BCUT2D eigenvalue weighted by molar-refractivity contribution is 0.0921. The second kappa shape index (κ2) is 11.6. The maximum atomic E-state index is 13.0. The Labute approximate surface area is 219 Å². The van der Waals surface area contributed by atoms with Crippen LogP contribution in [-0.2, 0) is 6.42 Å². The van der Waals surface area contributed by atoms with Crippen LogP contribution in [0.3, 0.4) is 0 Å². The van der Waals surface area contributed by atoms with Gasteiger partial charge in [-0.05, 0) is 74.8 Å². The Balaban J connectivity index is 1.05. The first-order chi connectivity index (χ1) is 17.6. The molecule has 0 radical (unpaired) electrons. The number of nitrogens with zero attached hydrogens (tertiary/aromatic N) is 3. The predicted octanol–water partition coefficient (Wildman–Crippen LogP) is 5.95. The van der Waals surface area contributed by atoms with Gasteiger partial charge in [0.05, 0.1) is 21.8 Å². The van der Waals surface area contributed by atoms with Crippen LogP contribution in [0.5, 0.6) is 0 Å². The molecule has 3 aromatic rings. The van der Waals surface area contributed by atoms with Gasteiger partial charge in [-0.1, -0.05) is 48.9 Å². The highest BCUT2D eigenvalue weighted by Crippen LogP contribution is 2.31. The van der Waals surface area contributed by atoms with E-state index in [9.17, 15) is 4.79 Å². The minimum absolute atomic E-state index is 0.0273. The number of carbonyl (C=O) groups excluding carboxylic acids is 1. The number of anilines is 1. The van der Waals surface area contributed by atoms with E-state index in [1.165, 1.54) is 37.1 Å². The predicted molar refractivity (Wildman–Crippen MR) is 149 cm³/mol. The van der Waals surface area contributed by atoms with Crippen LogP contribution in [0, 0.1) is 5.92 Å². The van der Waals surface area contributed by atoms with E-state index in [1.54, 1.807) is 6.20 Å². The molecule has 5 nitrogen and oxygen atoms in total. The molecule has 1 aliphatic heterocycles. The Morgan fingerprint density at radius 1 is 1.00 bits per heavy atom. The van der Waals surface area contributed by atoms with Crippen molar-refractivity contribution in [3.63, 3.8) is 0 Å². The van der Waals surface area contributed by atoms with E-state index in [0.29, 0.717) is 0 Å². The highest BCUT2D eigenvalue weighted by molar-refractivity contribution is 6.34. The Hall–Kier alpha value is -2.63. The summed E-state index contributed by atoms with van der Waals surface area (Å²) in [5.74, 6) is 0.785. The summed E-state index contributed by atoms with van der Waals surface area (Å²) >= 11 is 6.66. The standard InChI is InChI=1S/C30H37ClN4O/c1-2-23-6-5-9-28(29(23)31)35-20-18-34(19-21-35)17-15-22-10-12-24(13-11-22)33-30(36)26-14-16-32-27-8-4-3-7-25(26)27/h3-9,14,16,22,24H,2,10-13,15,17-21H2,1H3,(H,33,36). The van der Waals surface area contributed by atoms with Gasteiger partial charge >= 0.3 is 0 Å². The molecule has 1 aromatic heterocycles. The van der Waals surface area contributed by atoms with Gasteiger partial charge in [-0.25, -0.2) is 0 Å². The van der Waals surface area contributed by atoms with E-state index in [4.69, 9.17) is 11.6 Å². The molecule has 1 N–H and O–H groups in total. The fourth-order valence-electron chi connectivity index (χ4n) is 5.81. The quantitative estimate of drug-likeness (QED) is 0.432. The van der Waals surface area contributed by atoms with Crippen molar-refractivity contribution in [2.45, 2.75) is 51.5 Å². The van der Waals surface area contributed by atoms with Crippen molar-refractivity contribution in [3.8, 4) is 0 Å². The molecule has 0 atom stereocenters. The lowest BCUT2D eigenvalue weighted by atomic mass is 9.84. The first-order valence-corrected chi connectivity index (χ1v) is 13.9. The number of aromatic nitrogens is 1. The molecule has 2 aliphatic rings. The average molecular weight is 505 g/mol. The summed E-state index contributed by atoms with van der Waals surface area (Å²) in [5.41, 5.74) is 4.02. The van der Waals surface area contributed by atoms with Crippen LogP contribution in [0.15, 0.2) is 54.7 Å². The summed E-state index contributed by atoms with van der Waals surface area (Å²) in [6, 6.07) is 16.4. The van der Waals surface area contributed by atoms with Gasteiger partial charge in [0, 0.05) is 43.8 Å². The molecule has 1 amide bonds. The molecule has 36 heavy (non-hydrogen) atoms. The molecule has 1 saturated carbocycles. The molecule has 1 saturated heterocycles. The average Bonchev–Trinajstić information content (AvgIpc) is 2.93. The number of para-hydroxylation sites is 1. The van der Waals surface area contributed by atoms with Gasteiger partial charge in [-0.2, -0.15) is 0 Å². The molecular weight excluding hydrogens is 468 g/mol. The van der Waals surface area contributed by atoms with Crippen molar-refractivity contribution in [2.24, 2.45) is 5.92 Å². The lowest BCUT2D eigenvalue weighted by Gasteiger charge is -2.37. The fraction of sp³-hybridized carbons (Fsp3) is 0.467. The number of hydrogen-bond donors (Lipinski definition) is 1. The molecule has 1 aliphatic carbocycles. The Morgan fingerprint density at radius 2 is 1.78 bits per heavy atom. The number of benzene rings is 2. The first kappa shape index (κ1) is 25.0. The molecular formula is C30H37ClN4O. The fourth-order valence-corrected chi connectivity index (χ4v) is 6.19. The number of pyridine rings is 1. The van der Waals surface area contributed by atoms with Crippen molar-refractivity contribution in [2.75, 3.05) is 37.6 Å². The molecule has 0 spiro atoms. The van der Waals surface area contributed by atoms with Gasteiger partial charge in [0.25, 0.3) is 5.91 Å². The van der Waals surface area contributed by atoms with E-state index in [1.807, 2.05) is 30.3 Å². The number of aryl methyl sites for hydroxylation is 1. The second-order valence-corrected chi connectivity index (χ2v) is 10.7. The maximum Gasteiger partial charge on any atom is 0.252 e. The normalized spacial score (nSPS) is 21.0. The number of carbonyl (C=O) groups is 1. The summed E-state index contributed by atoms with van der Waals surface area (Å²) in [4.78, 5) is 22.4. The third-order valence-corrected chi connectivity index (χ3v) is 8.52. The van der Waals surface area contributed by atoms with Crippen LogP contribution in [-0.4, -0.2) is 54.6 Å². The van der Waals surface area contributed by atoms with Crippen LogP contribution < -0.4 is 10.2 Å². The van der Waals surface area contributed by atoms with Crippen molar-refractivity contribution in [1.82, 2.24) is 15.2 Å². The minimum Gasteiger partial charge on any atom is -0.368 e. The lowest BCUT2D eigenvalue weighted by Crippen LogP contribution is -2.47. The van der Waals surface area contributed by atoms with Gasteiger partial charge in [0.1, 0.15) is 0 Å². The summed E-state index contributed by atoms with van der Waals surface area (Å²) < 4.78 is 0. The zero-order chi connectivity index (χ0) is 24.9. The van der Waals surface area contributed by atoms with Gasteiger partial charge in [0.15, 0.2) is 0 Å². The Kier molecular flexibility index (Phi) is 8.08. The van der Waals surface area contributed by atoms with Crippen LogP contribution in [0.1, 0.15) is 54.9 Å². The van der Waals surface area contributed by atoms with Gasteiger partial charge in [-0.15, -0.1) is 0 Å². The summed E-state index contributed by atoms with van der Waals surface area (Å²) in [7, 11) is 0. The highest BCUT2D eigenvalue weighted by atomic mass is 35.5. The highest BCUT2D eigenvalue weighted by Gasteiger charge is 2.25. The number of nitrogens with one attached hydrogen (secondary N) is 1. The number of piperazine rings is 1. The van der Waals surface area contributed by atoms with Gasteiger partial charge in [0.2, 0.25) is 0 Å². The summed E-state index contributed by atoms with van der Waals surface area (Å²) in [6.45, 7) is 7.59. The van der Waals surface area contributed by atoms with Crippen molar-refractivity contribution in [3.05, 3.63) is 70.9 Å². The molecule has 5 rings (SSSR count). The first-order valence-electron chi connectivity index (χ1n) is 13.5. The van der Waals surface area contributed by atoms with E-state index in [2.05, 4.69) is 45.2 Å². The molecule has 6 heteroatoms. The van der Waals surface area contributed by atoms with Gasteiger partial charge < -0.3 is 10.2 Å². The largest absolute Gasteiger partial charge is 0.368 e. The molecule has 2 heterocycles. The van der Waals surface area contributed by atoms with Crippen LogP contribution in [0.4, 0.5) is 5.69 Å². The third kappa shape index (κ3) is 5.68. The van der Waals surface area contributed by atoms with Gasteiger partial charge in [-0.3, -0.25) is 14.7 Å². The SMILES string of the molecule is CCc1cccc(N2CCN(CCC3CCC(NC(=O)c4ccnc5ccccc45)CC3)CC2)c1Cl. The Morgan fingerprint density at radius 3 is 2.56 bits per heavy atom. The van der Waals surface area contributed by atoms with E-state index in [-0.39, 0.29) is 11.9 Å². The van der Waals surface area contributed by atoms with E-state index < -0.39 is 0 Å². The Bertz CT molecular complexity index is 1180. The molecule has 0 unspecified atom stereocenters. The zero-order valence-electron chi connectivity index (χ0n) is 21.3. The number of rotatable bonds is 7. The third-order valence-electron chi connectivity index (χ3n) is 8.08. The van der Waals surface area contributed by atoms with Crippen LogP contribution in [0.25, 0.3) is 10.9 Å². The number of halogens is 1. The summed E-state index contributed by atoms with van der Waals surface area (Å²) in [5, 5.41) is 5.14. The molecule has 2 fully saturated rings. The monoisotopic (exact) mass is 504 g/mol. The number of fused-ring (bicyclic) bond motifs is 1. The smallest absolute Gasteiger partial charge is 0.252 e. The van der Waals surface area contributed by atoms with Crippen LogP contribution in [0.2, 0.25) is 5.02 Å². The number of amides is 1. The topological polar surface area (TPSA) is 48.5 Å². The maximum absolute atomic E-state index is 13.0. The summed E-state index contributed by atoms with van der Waals surface area (Å²) in [6.07, 6.45) is 8.48. The van der Waals surface area contributed by atoms with E-state index >= 15 is 0 Å².